The normalized spacial score (nSPS) is 25.8. The van der Waals surface area contributed by atoms with Gasteiger partial charge in [-0.1, -0.05) is 11.6 Å². The number of piperidine rings is 1. The average molecular weight is 519 g/mol. The van der Waals surface area contributed by atoms with Crippen molar-refractivity contribution in [3.05, 3.63) is 40.8 Å². The molecule has 3 aliphatic rings. The number of rotatable bonds is 6. The van der Waals surface area contributed by atoms with Gasteiger partial charge in [0, 0.05) is 16.6 Å². The molecule has 36 heavy (non-hydrogen) atoms. The van der Waals surface area contributed by atoms with Crippen LogP contribution >= 0.6 is 11.6 Å². The van der Waals surface area contributed by atoms with Crippen molar-refractivity contribution in [3.8, 4) is 0 Å². The number of alkyl halides is 2. The topological polar surface area (TPSA) is 88.3 Å². The van der Waals surface area contributed by atoms with Gasteiger partial charge in [-0.15, -0.1) is 0 Å². The van der Waals surface area contributed by atoms with E-state index in [2.05, 4.69) is 32.2 Å². The smallest absolute Gasteiger partial charge is 0.282 e. The minimum absolute atomic E-state index is 0.0465. The third kappa shape index (κ3) is 4.23. The van der Waals surface area contributed by atoms with Gasteiger partial charge in [-0.3, -0.25) is 9.58 Å². The first-order chi connectivity index (χ1) is 17.3. The predicted molar refractivity (Wildman–Crippen MR) is 132 cm³/mol. The summed E-state index contributed by atoms with van der Waals surface area (Å²) in [5, 5.41) is 19.0. The lowest BCUT2D eigenvalue weighted by atomic mass is 9.85. The van der Waals surface area contributed by atoms with Crippen molar-refractivity contribution < 1.29 is 18.6 Å². The molecule has 0 bridgehead atoms. The third-order valence-electron chi connectivity index (χ3n) is 7.92. The first kappa shape index (κ1) is 24.0. The summed E-state index contributed by atoms with van der Waals surface area (Å²) in [6.45, 7) is 4.66. The lowest BCUT2D eigenvalue weighted by Gasteiger charge is -2.43. The largest absolute Gasteiger partial charge is 0.389 e. The molecule has 1 saturated carbocycles. The standard InChI is InChI=1S/C25H29ClF2N6O2/c1-25(13-36-12-21(25)35)33-6-4-14(5-7-33)17-9-19-15(8-18(17)26)10-29-24(31-19)32-20-11-30-34(16-2-3-16)22(20)23(27)28/h8-11,14,16,21,23,35H,2-7,12-13H2,1H3,(H,29,31,32)/t21?,25-/m1/s1. The number of fused-ring (bicyclic) bond motifs is 1. The number of ether oxygens (including phenoxy) is 1. The Balaban J connectivity index is 1.22. The highest BCUT2D eigenvalue weighted by molar-refractivity contribution is 6.32. The Morgan fingerprint density at radius 3 is 2.64 bits per heavy atom. The molecule has 192 valence electrons. The molecular formula is C25H29ClF2N6O2. The van der Waals surface area contributed by atoms with Crippen molar-refractivity contribution in [2.45, 2.75) is 62.6 Å². The lowest BCUT2D eigenvalue weighted by Crippen LogP contribution is -2.56. The van der Waals surface area contributed by atoms with Gasteiger partial charge in [0.1, 0.15) is 5.69 Å². The van der Waals surface area contributed by atoms with Gasteiger partial charge in [0.25, 0.3) is 6.43 Å². The van der Waals surface area contributed by atoms with Crippen LogP contribution in [0.2, 0.25) is 5.02 Å². The molecule has 8 nitrogen and oxygen atoms in total. The van der Waals surface area contributed by atoms with E-state index in [1.165, 1.54) is 10.9 Å². The number of benzene rings is 1. The van der Waals surface area contributed by atoms with Gasteiger partial charge in [-0.25, -0.2) is 18.7 Å². The van der Waals surface area contributed by atoms with Crippen molar-refractivity contribution in [1.82, 2.24) is 24.6 Å². The number of aliphatic hydroxyl groups excluding tert-OH is 1. The van der Waals surface area contributed by atoms with E-state index in [9.17, 15) is 13.9 Å². The summed E-state index contributed by atoms with van der Waals surface area (Å²) >= 11 is 6.67. The molecule has 1 unspecified atom stereocenters. The summed E-state index contributed by atoms with van der Waals surface area (Å²) in [5.74, 6) is 0.501. The summed E-state index contributed by atoms with van der Waals surface area (Å²) in [6, 6.07) is 3.90. The van der Waals surface area contributed by atoms with Crippen molar-refractivity contribution >= 4 is 34.1 Å². The zero-order valence-corrected chi connectivity index (χ0v) is 20.8. The number of hydrogen-bond donors (Lipinski definition) is 2. The lowest BCUT2D eigenvalue weighted by molar-refractivity contribution is -0.00211. The molecule has 1 aromatic carbocycles. The van der Waals surface area contributed by atoms with Crippen molar-refractivity contribution in [2.75, 3.05) is 31.6 Å². The quantitative estimate of drug-likeness (QED) is 0.483. The number of nitrogens with one attached hydrogen (secondary N) is 1. The van der Waals surface area contributed by atoms with Crippen molar-refractivity contribution in [3.63, 3.8) is 0 Å². The Kier molecular flexibility index (Phi) is 6.10. The van der Waals surface area contributed by atoms with Crippen LogP contribution in [0.3, 0.4) is 0 Å². The highest BCUT2D eigenvalue weighted by Gasteiger charge is 2.45. The maximum Gasteiger partial charge on any atom is 0.282 e. The molecule has 2 aliphatic heterocycles. The minimum atomic E-state index is -2.65. The van der Waals surface area contributed by atoms with Crippen LogP contribution in [-0.4, -0.2) is 67.7 Å². The fourth-order valence-corrected chi connectivity index (χ4v) is 5.84. The molecule has 2 aromatic heterocycles. The first-order valence-electron chi connectivity index (χ1n) is 12.4. The second-order valence-electron chi connectivity index (χ2n) is 10.3. The van der Waals surface area contributed by atoms with Gasteiger partial charge in [0.05, 0.1) is 48.3 Å². The van der Waals surface area contributed by atoms with E-state index in [0.717, 1.165) is 49.7 Å². The van der Waals surface area contributed by atoms with E-state index in [1.54, 1.807) is 6.20 Å². The number of aromatic nitrogens is 4. The number of nitrogens with zero attached hydrogens (tertiary/aromatic N) is 5. The Bertz CT molecular complexity index is 1280. The first-order valence-corrected chi connectivity index (χ1v) is 12.8. The molecule has 4 heterocycles. The highest BCUT2D eigenvalue weighted by atomic mass is 35.5. The Labute approximate surface area is 212 Å². The number of anilines is 2. The Hall–Kier alpha value is -2.40. The van der Waals surface area contributed by atoms with E-state index in [0.29, 0.717) is 23.8 Å². The third-order valence-corrected chi connectivity index (χ3v) is 8.25. The number of hydrogen-bond acceptors (Lipinski definition) is 7. The molecule has 3 fully saturated rings. The summed E-state index contributed by atoms with van der Waals surface area (Å²) in [5.41, 5.74) is 1.47. The summed E-state index contributed by atoms with van der Waals surface area (Å²) < 4.78 is 34.4. The molecule has 1 aliphatic carbocycles. The van der Waals surface area contributed by atoms with Gasteiger partial charge in [-0.05, 0) is 69.3 Å². The number of halogens is 3. The molecule has 11 heteroatoms. The van der Waals surface area contributed by atoms with E-state index in [4.69, 9.17) is 16.3 Å². The molecule has 0 amide bonds. The zero-order valence-electron chi connectivity index (χ0n) is 20.0. The molecule has 2 N–H and O–H groups in total. The second-order valence-corrected chi connectivity index (χ2v) is 10.7. The van der Waals surface area contributed by atoms with Gasteiger partial charge in [-0.2, -0.15) is 5.10 Å². The monoisotopic (exact) mass is 518 g/mol. The van der Waals surface area contributed by atoms with E-state index in [-0.39, 0.29) is 34.8 Å². The van der Waals surface area contributed by atoms with Crippen LogP contribution in [0.1, 0.15) is 62.2 Å². The van der Waals surface area contributed by atoms with Crippen molar-refractivity contribution in [1.29, 1.82) is 0 Å². The maximum atomic E-state index is 13.8. The molecule has 2 atom stereocenters. The average Bonchev–Trinajstić information content (AvgIpc) is 3.54. The van der Waals surface area contributed by atoms with Crippen LogP contribution in [-0.2, 0) is 4.74 Å². The molecule has 2 saturated heterocycles. The van der Waals surface area contributed by atoms with Gasteiger partial charge in [0.2, 0.25) is 5.95 Å². The van der Waals surface area contributed by atoms with Crippen LogP contribution in [0.4, 0.5) is 20.4 Å². The molecule has 6 rings (SSSR count). The van der Waals surface area contributed by atoms with Crippen molar-refractivity contribution in [2.24, 2.45) is 0 Å². The highest BCUT2D eigenvalue weighted by Crippen LogP contribution is 2.41. The number of likely N-dealkylation sites (tertiary alicyclic amines) is 1. The molecule has 3 aromatic rings. The molecule has 0 spiro atoms. The van der Waals surface area contributed by atoms with Gasteiger partial charge in [0.15, 0.2) is 0 Å². The summed E-state index contributed by atoms with van der Waals surface area (Å²) in [4.78, 5) is 11.3. The summed E-state index contributed by atoms with van der Waals surface area (Å²) in [7, 11) is 0. The second kappa shape index (κ2) is 9.16. The van der Waals surface area contributed by atoms with Gasteiger partial charge < -0.3 is 15.2 Å². The molecule has 0 radical (unpaired) electrons. The van der Waals surface area contributed by atoms with Crippen LogP contribution in [0.15, 0.2) is 24.5 Å². The van der Waals surface area contributed by atoms with E-state index < -0.39 is 12.5 Å². The van der Waals surface area contributed by atoms with Gasteiger partial charge >= 0.3 is 0 Å². The van der Waals surface area contributed by atoms with Crippen LogP contribution in [0.5, 0.6) is 0 Å². The van der Waals surface area contributed by atoms with E-state index >= 15 is 0 Å². The SMILES string of the molecule is C[C@@]1(N2CCC(c3cc4nc(Nc5cnn(C6CC6)c5C(F)F)ncc4cc3Cl)CC2)COCC1O. The van der Waals surface area contributed by atoms with Crippen LogP contribution in [0.25, 0.3) is 10.9 Å². The molecular weight excluding hydrogens is 490 g/mol. The van der Waals surface area contributed by atoms with Crippen LogP contribution in [0, 0.1) is 0 Å². The summed E-state index contributed by atoms with van der Waals surface area (Å²) in [6.07, 6.45) is 3.48. The zero-order chi connectivity index (χ0) is 25.0. The Morgan fingerprint density at radius 1 is 1.19 bits per heavy atom. The Morgan fingerprint density at radius 2 is 1.97 bits per heavy atom. The minimum Gasteiger partial charge on any atom is -0.389 e. The van der Waals surface area contributed by atoms with Crippen LogP contribution < -0.4 is 5.32 Å². The number of aliphatic hydroxyl groups is 1. The fourth-order valence-electron chi connectivity index (χ4n) is 5.51. The maximum absolute atomic E-state index is 13.8. The van der Waals surface area contributed by atoms with E-state index in [1.807, 2.05) is 12.1 Å². The fraction of sp³-hybridized carbons (Fsp3) is 0.560. The predicted octanol–water partition coefficient (Wildman–Crippen LogP) is 4.83.